The second-order valence-electron chi connectivity index (χ2n) is 10.4. The second-order valence-corrected chi connectivity index (χ2v) is 10.4. The van der Waals surface area contributed by atoms with E-state index in [4.69, 9.17) is 14.6 Å². The zero-order chi connectivity index (χ0) is 29.3. The van der Waals surface area contributed by atoms with Crippen LogP contribution >= 0.6 is 0 Å². The molecule has 2 heterocycles. The Morgan fingerprint density at radius 2 is 1.79 bits per heavy atom. The molecular formula is C31H37N7O4. The van der Waals surface area contributed by atoms with Gasteiger partial charge in [-0.3, -0.25) is 19.4 Å². The average molecular weight is 572 g/mol. The van der Waals surface area contributed by atoms with E-state index >= 15 is 0 Å². The van der Waals surface area contributed by atoms with Crippen LogP contribution < -0.4 is 20.1 Å². The summed E-state index contributed by atoms with van der Waals surface area (Å²) < 4.78 is 13.3. The Bertz CT molecular complexity index is 1440. The van der Waals surface area contributed by atoms with E-state index in [9.17, 15) is 9.59 Å². The third-order valence-corrected chi connectivity index (χ3v) is 7.63. The predicted octanol–water partition coefficient (Wildman–Crippen LogP) is 4.24. The Labute approximate surface area is 245 Å². The van der Waals surface area contributed by atoms with Gasteiger partial charge in [-0.05, 0) is 49.4 Å². The van der Waals surface area contributed by atoms with E-state index in [1.165, 1.54) is 6.33 Å². The monoisotopic (exact) mass is 571 g/mol. The minimum absolute atomic E-state index is 0.114. The molecule has 11 heteroatoms. The van der Waals surface area contributed by atoms with Crippen LogP contribution in [0.1, 0.15) is 66.4 Å². The molecule has 0 spiro atoms. The van der Waals surface area contributed by atoms with Crippen molar-refractivity contribution >= 4 is 11.8 Å². The largest absolute Gasteiger partial charge is 0.496 e. The lowest BCUT2D eigenvalue weighted by molar-refractivity contribution is -0.121. The smallest absolute Gasteiger partial charge is 0.272 e. The predicted molar refractivity (Wildman–Crippen MR) is 157 cm³/mol. The summed E-state index contributed by atoms with van der Waals surface area (Å²) >= 11 is 0. The van der Waals surface area contributed by atoms with Crippen molar-refractivity contribution in [3.63, 3.8) is 0 Å². The quantitative estimate of drug-likeness (QED) is 0.218. The maximum absolute atomic E-state index is 13.7. The number of ether oxygens (including phenoxy) is 2. The van der Waals surface area contributed by atoms with Gasteiger partial charge in [0.1, 0.15) is 23.7 Å². The first-order valence-electron chi connectivity index (χ1n) is 14.3. The van der Waals surface area contributed by atoms with Crippen molar-refractivity contribution < 1.29 is 19.1 Å². The Balaban J connectivity index is 1.39. The van der Waals surface area contributed by atoms with Gasteiger partial charge in [-0.1, -0.05) is 49.2 Å². The number of carbonyl (C=O) groups excluding carboxylic acids is 2. The number of rotatable bonds is 13. The topological polar surface area (TPSA) is 136 Å². The van der Waals surface area contributed by atoms with Crippen LogP contribution in [-0.4, -0.2) is 57.0 Å². The number of aryl methyl sites for hydroxylation is 1. The number of aromatic nitrogens is 5. The molecule has 1 saturated carbocycles. The fourth-order valence-corrected chi connectivity index (χ4v) is 5.49. The van der Waals surface area contributed by atoms with E-state index in [2.05, 4.69) is 25.8 Å². The maximum atomic E-state index is 13.7. The van der Waals surface area contributed by atoms with Gasteiger partial charge in [0.25, 0.3) is 5.91 Å². The molecule has 0 saturated heterocycles. The van der Waals surface area contributed by atoms with Gasteiger partial charge < -0.3 is 20.1 Å². The molecule has 2 amide bonds. The van der Waals surface area contributed by atoms with Crippen LogP contribution in [0.2, 0.25) is 0 Å². The van der Waals surface area contributed by atoms with E-state index in [1.54, 1.807) is 20.3 Å². The van der Waals surface area contributed by atoms with Crippen LogP contribution in [-0.2, 0) is 17.8 Å². The van der Waals surface area contributed by atoms with Gasteiger partial charge in [0, 0.05) is 12.5 Å². The number of amides is 2. The minimum atomic E-state index is -0.409. The lowest BCUT2D eigenvalue weighted by Crippen LogP contribution is -2.39. The summed E-state index contributed by atoms with van der Waals surface area (Å²) in [5.74, 6) is 1.32. The van der Waals surface area contributed by atoms with E-state index < -0.39 is 6.04 Å². The van der Waals surface area contributed by atoms with Crippen LogP contribution in [0.25, 0.3) is 11.3 Å². The maximum Gasteiger partial charge on any atom is 0.272 e. The number of hydrogen-bond acceptors (Lipinski definition) is 7. The Hall–Kier alpha value is -4.67. The molecule has 42 heavy (non-hydrogen) atoms. The molecule has 220 valence electrons. The number of H-pyrrole nitrogens is 1. The second kappa shape index (κ2) is 13.8. The fourth-order valence-electron chi connectivity index (χ4n) is 5.49. The van der Waals surface area contributed by atoms with E-state index in [-0.39, 0.29) is 36.5 Å². The zero-order valence-electron chi connectivity index (χ0n) is 24.0. The molecule has 2 aromatic heterocycles. The normalized spacial score (nSPS) is 14.0. The minimum Gasteiger partial charge on any atom is -0.496 e. The fraction of sp³-hybridized carbons (Fsp3) is 0.387. The number of aromatic amines is 1. The number of benzene rings is 2. The molecule has 2 aromatic carbocycles. The summed E-state index contributed by atoms with van der Waals surface area (Å²) in [7, 11) is 3.24. The molecule has 5 rings (SSSR count). The van der Waals surface area contributed by atoms with Gasteiger partial charge in [-0.15, -0.1) is 0 Å². The highest BCUT2D eigenvalue weighted by Gasteiger charge is 2.28. The van der Waals surface area contributed by atoms with Crippen molar-refractivity contribution in [2.24, 2.45) is 0 Å². The highest BCUT2D eigenvalue weighted by molar-refractivity contribution is 5.94. The highest BCUT2D eigenvalue weighted by atomic mass is 16.5. The number of carbonyl (C=O) groups is 2. The van der Waals surface area contributed by atoms with Gasteiger partial charge in [0.15, 0.2) is 5.69 Å². The molecule has 1 aliphatic carbocycles. The zero-order valence-corrected chi connectivity index (χ0v) is 24.0. The number of nitrogens with zero attached hydrogens (tertiary/aromatic N) is 4. The summed E-state index contributed by atoms with van der Waals surface area (Å²) in [5, 5.41) is 17.3. The summed E-state index contributed by atoms with van der Waals surface area (Å²) in [4.78, 5) is 30.6. The van der Waals surface area contributed by atoms with Crippen LogP contribution in [0.15, 0.2) is 60.9 Å². The van der Waals surface area contributed by atoms with Crippen molar-refractivity contribution in [1.82, 2.24) is 35.6 Å². The van der Waals surface area contributed by atoms with Gasteiger partial charge in [-0.2, -0.15) is 10.2 Å². The molecule has 1 atom stereocenters. The Kier molecular flexibility index (Phi) is 9.48. The third-order valence-electron chi connectivity index (χ3n) is 7.63. The lowest BCUT2D eigenvalue weighted by atomic mass is 10.0. The van der Waals surface area contributed by atoms with Crippen molar-refractivity contribution in [3.05, 3.63) is 78.0 Å². The number of nitrogens with one attached hydrogen (secondary N) is 3. The van der Waals surface area contributed by atoms with Gasteiger partial charge in [0.05, 0.1) is 38.1 Å². The molecule has 11 nitrogen and oxygen atoms in total. The molecule has 1 fully saturated rings. The molecule has 3 N–H and O–H groups in total. The van der Waals surface area contributed by atoms with E-state index in [0.717, 1.165) is 42.5 Å². The van der Waals surface area contributed by atoms with Crippen LogP contribution in [0, 0.1) is 0 Å². The molecule has 1 aliphatic rings. The first kappa shape index (κ1) is 28.8. The molecule has 4 aromatic rings. The summed E-state index contributed by atoms with van der Waals surface area (Å²) in [6.07, 6.45) is 6.99. The molecule has 0 radical (unpaired) electrons. The molecule has 0 bridgehead atoms. The summed E-state index contributed by atoms with van der Waals surface area (Å²) in [5.41, 5.74) is 2.95. The molecule has 0 unspecified atom stereocenters. The first-order chi connectivity index (χ1) is 20.6. The average Bonchev–Trinajstić information content (AvgIpc) is 3.81. The van der Waals surface area contributed by atoms with E-state index in [0.29, 0.717) is 30.2 Å². The van der Waals surface area contributed by atoms with Gasteiger partial charge >= 0.3 is 0 Å². The van der Waals surface area contributed by atoms with Crippen molar-refractivity contribution in [2.45, 2.75) is 63.6 Å². The van der Waals surface area contributed by atoms with Crippen LogP contribution in [0.4, 0.5) is 0 Å². The van der Waals surface area contributed by atoms with Crippen molar-refractivity contribution in [2.75, 3.05) is 14.2 Å². The van der Waals surface area contributed by atoms with Crippen LogP contribution in [0.3, 0.4) is 0 Å². The lowest BCUT2D eigenvalue weighted by Gasteiger charge is -2.18. The Morgan fingerprint density at radius 1 is 1.05 bits per heavy atom. The molecule has 0 aliphatic heterocycles. The van der Waals surface area contributed by atoms with Crippen LogP contribution in [0.5, 0.6) is 11.5 Å². The SMILES string of the molecule is COc1cccc(OC)c1-c1cc(C(=O)N[C@@H](CCc2ccccc2)CC(=O)NCc2ncn[nH]2)nn1C1CCCC1. The number of methoxy groups -OCH3 is 2. The summed E-state index contributed by atoms with van der Waals surface area (Å²) in [6.45, 7) is 0.230. The van der Waals surface area contributed by atoms with E-state index in [1.807, 2.05) is 53.2 Å². The summed E-state index contributed by atoms with van der Waals surface area (Å²) in [6, 6.07) is 17.2. The standard InChI is InChI=1S/C31H37N7O4/c1-41-26-13-8-14-27(42-2)30(26)25-18-24(37-38(25)23-11-6-7-12-23)31(40)35-22(16-15-21-9-4-3-5-10-21)17-29(39)32-19-28-33-20-34-36-28/h3-5,8-10,13-14,18,20,22-23H,6-7,11-12,15-17,19H2,1-2H3,(H,32,39)(H,35,40)(H,33,34,36)/t22-/m0/s1. The Morgan fingerprint density at radius 3 is 2.45 bits per heavy atom. The van der Waals surface area contributed by atoms with Gasteiger partial charge in [-0.25, -0.2) is 4.98 Å². The number of hydrogen-bond donors (Lipinski definition) is 3. The third kappa shape index (κ3) is 6.96. The van der Waals surface area contributed by atoms with Crippen molar-refractivity contribution in [3.8, 4) is 22.8 Å². The van der Waals surface area contributed by atoms with Crippen molar-refractivity contribution in [1.29, 1.82) is 0 Å². The van der Waals surface area contributed by atoms with Gasteiger partial charge in [0.2, 0.25) is 5.91 Å². The first-order valence-corrected chi connectivity index (χ1v) is 14.3. The highest BCUT2D eigenvalue weighted by Crippen LogP contribution is 2.41. The molecular weight excluding hydrogens is 534 g/mol.